The smallest absolute Gasteiger partial charge is 0.326 e. The van der Waals surface area contributed by atoms with Crippen LogP contribution in [0.4, 0.5) is 4.39 Å². The van der Waals surface area contributed by atoms with Crippen molar-refractivity contribution in [3.8, 4) is 0 Å². The number of halogens is 1. The van der Waals surface area contributed by atoms with Crippen LogP contribution in [0.3, 0.4) is 0 Å². The van der Waals surface area contributed by atoms with Crippen LogP contribution in [0.25, 0.3) is 10.9 Å². The zero-order valence-electron chi connectivity index (χ0n) is 12.7. The number of hydrogen-bond acceptors (Lipinski definition) is 4. The second kappa shape index (κ2) is 6.15. The van der Waals surface area contributed by atoms with E-state index in [9.17, 15) is 19.1 Å². The fourth-order valence-corrected chi connectivity index (χ4v) is 2.45. The zero-order valence-corrected chi connectivity index (χ0v) is 12.7. The van der Waals surface area contributed by atoms with E-state index in [0.717, 1.165) is 0 Å². The maximum atomic E-state index is 13.2. The number of nitrogens with zero attached hydrogens (tertiary/aromatic N) is 1. The summed E-state index contributed by atoms with van der Waals surface area (Å²) >= 11 is 0. The van der Waals surface area contributed by atoms with Gasteiger partial charge in [0.05, 0.1) is 5.69 Å². The number of aromatic nitrogens is 2. The Balaban J connectivity index is 1.80. The van der Waals surface area contributed by atoms with Gasteiger partial charge in [-0.05, 0) is 30.7 Å². The maximum absolute atomic E-state index is 13.2. The molecular weight excluding hydrogens is 317 g/mol. The van der Waals surface area contributed by atoms with Gasteiger partial charge in [0.15, 0.2) is 0 Å². The quantitative estimate of drug-likeness (QED) is 0.663. The molecule has 0 spiro atoms. The van der Waals surface area contributed by atoms with Crippen LogP contribution in [0.5, 0.6) is 0 Å². The van der Waals surface area contributed by atoms with Crippen molar-refractivity contribution < 1.29 is 23.6 Å². The summed E-state index contributed by atoms with van der Waals surface area (Å²) in [5, 5.41) is 16.1. The monoisotopic (exact) mass is 331 g/mol. The number of hydrogen-bond donors (Lipinski definition) is 3. The molecule has 8 heteroatoms. The largest absolute Gasteiger partial charge is 0.480 e. The Hall–Kier alpha value is -3.16. The van der Waals surface area contributed by atoms with E-state index in [2.05, 4.69) is 15.5 Å². The van der Waals surface area contributed by atoms with Gasteiger partial charge in [0, 0.05) is 29.6 Å². The molecule has 0 fully saturated rings. The molecule has 0 aliphatic carbocycles. The molecule has 0 aliphatic rings. The summed E-state index contributed by atoms with van der Waals surface area (Å²) in [4.78, 5) is 26.4. The lowest BCUT2D eigenvalue weighted by Gasteiger charge is -2.13. The van der Waals surface area contributed by atoms with Crippen molar-refractivity contribution in [1.29, 1.82) is 0 Å². The summed E-state index contributed by atoms with van der Waals surface area (Å²) in [5.74, 6) is -2.29. The molecule has 0 saturated heterocycles. The number of carbonyl (C=O) groups is 2. The van der Waals surface area contributed by atoms with Gasteiger partial charge in [-0.1, -0.05) is 5.16 Å². The van der Waals surface area contributed by atoms with Crippen LogP contribution in [-0.2, 0) is 11.2 Å². The molecule has 1 amide bonds. The third-order valence-electron chi connectivity index (χ3n) is 3.61. The molecule has 0 bridgehead atoms. The number of H-pyrrole nitrogens is 1. The number of carboxylic acid groups (broad SMARTS) is 1. The highest BCUT2D eigenvalue weighted by Gasteiger charge is 2.24. The Kier molecular flexibility index (Phi) is 4.03. The van der Waals surface area contributed by atoms with Gasteiger partial charge in [-0.15, -0.1) is 0 Å². The first-order valence-electron chi connectivity index (χ1n) is 7.16. The number of benzene rings is 1. The van der Waals surface area contributed by atoms with Crippen molar-refractivity contribution in [3.63, 3.8) is 0 Å². The Labute approximate surface area is 135 Å². The molecule has 3 aromatic rings. The highest BCUT2D eigenvalue weighted by Crippen LogP contribution is 2.20. The number of carboxylic acids is 1. The summed E-state index contributed by atoms with van der Waals surface area (Å²) in [7, 11) is 0. The molecule has 1 atom stereocenters. The second-order valence-electron chi connectivity index (χ2n) is 5.40. The predicted molar refractivity (Wildman–Crippen MR) is 82.1 cm³/mol. The van der Waals surface area contributed by atoms with Crippen molar-refractivity contribution in [3.05, 3.63) is 53.3 Å². The van der Waals surface area contributed by atoms with Crippen molar-refractivity contribution >= 4 is 22.8 Å². The van der Waals surface area contributed by atoms with Crippen molar-refractivity contribution in [2.75, 3.05) is 0 Å². The fourth-order valence-electron chi connectivity index (χ4n) is 2.45. The number of fused-ring (bicyclic) bond motifs is 1. The van der Waals surface area contributed by atoms with E-state index in [-0.39, 0.29) is 18.0 Å². The normalized spacial score (nSPS) is 12.2. The molecule has 24 heavy (non-hydrogen) atoms. The summed E-state index contributed by atoms with van der Waals surface area (Å²) in [6.45, 7) is 1.65. The number of aliphatic carboxylic acids is 1. The van der Waals surface area contributed by atoms with Gasteiger partial charge in [-0.3, -0.25) is 4.79 Å². The van der Waals surface area contributed by atoms with Crippen molar-refractivity contribution in [2.45, 2.75) is 19.4 Å². The minimum absolute atomic E-state index is 0.0415. The molecule has 2 aromatic heterocycles. The van der Waals surface area contributed by atoms with E-state index >= 15 is 0 Å². The standard InChI is InChI=1S/C16H14FN3O4/c1-8-4-14(24-20-8)15(21)19-13(16(22)23)5-9-7-18-12-6-10(17)2-3-11(9)12/h2-4,6-7,13,18H,5H2,1H3,(H,19,21)(H,22,23)/t13-/m1/s1. The average Bonchev–Trinajstić information content (AvgIpc) is 3.12. The van der Waals surface area contributed by atoms with Gasteiger partial charge in [0.25, 0.3) is 5.91 Å². The molecule has 124 valence electrons. The number of aromatic amines is 1. The number of amides is 1. The fraction of sp³-hybridized carbons (Fsp3) is 0.188. The molecule has 3 rings (SSSR count). The first-order chi connectivity index (χ1) is 11.4. The number of carbonyl (C=O) groups excluding carboxylic acids is 1. The summed E-state index contributed by atoms with van der Waals surface area (Å²) < 4.78 is 18.0. The van der Waals surface area contributed by atoms with Gasteiger partial charge in [-0.2, -0.15) is 0 Å². The zero-order chi connectivity index (χ0) is 17.3. The number of rotatable bonds is 5. The predicted octanol–water partition coefficient (Wildman–Crippen LogP) is 2.03. The van der Waals surface area contributed by atoms with E-state index in [1.54, 1.807) is 19.2 Å². The summed E-state index contributed by atoms with van der Waals surface area (Å²) in [6, 6.07) is 4.45. The Morgan fingerprint density at radius 1 is 1.42 bits per heavy atom. The van der Waals surface area contributed by atoms with Crippen LogP contribution in [0.15, 0.2) is 35.0 Å². The summed E-state index contributed by atoms with van der Waals surface area (Å²) in [5.41, 5.74) is 1.74. The highest BCUT2D eigenvalue weighted by atomic mass is 19.1. The molecule has 0 aliphatic heterocycles. The minimum Gasteiger partial charge on any atom is -0.480 e. The molecule has 0 saturated carbocycles. The van der Waals surface area contributed by atoms with Crippen LogP contribution in [-0.4, -0.2) is 33.2 Å². The lowest BCUT2D eigenvalue weighted by molar-refractivity contribution is -0.139. The van der Waals surface area contributed by atoms with Gasteiger partial charge >= 0.3 is 5.97 Å². The maximum Gasteiger partial charge on any atom is 0.326 e. The number of nitrogens with one attached hydrogen (secondary N) is 2. The third kappa shape index (κ3) is 3.12. The van der Waals surface area contributed by atoms with E-state index in [0.29, 0.717) is 22.2 Å². The lowest BCUT2D eigenvalue weighted by Crippen LogP contribution is -2.42. The van der Waals surface area contributed by atoms with Crippen LogP contribution in [0, 0.1) is 12.7 Å². The van der Waals surface area contributed by atoms with Gasteiger partial charge in [0.1, 0.15) is 11.9 Å². The first-order valence-corrected chi connectivity index (χ1v) is 7.16. The van der Waals surface area contributed by atoms with Gasteiger partial charge in [-0.25, -0.2) is 9.18 Å². The molecule has 0 radical (unpaired) electrons. The Bertz CT molecular complexity index is 915. The van der Waals surface area contributed by atoms with Gasteiger partial charge < -0.3 is 19.9 Å². The average molecular weight is 331 g/mol. The topological polar surface area (TPSA) is 108 Å². The summed E-state index contributed by atoms with van der Waals surface area (Å²) in [6.07, 6.45) is 1.64. The van der Waals surface area contributed by atoms with Crippen LogP contribution in [0.2, 0.25) is 0 Å². The highest BCUT2D eigenvalue weighted by molar-refractivity contribution is 5.94. The van der Waals surface area contributed by atoms with Gasteiger partial charge in [0.2, 0.25) is 5.76 Å². The lowest BCUT2D eigenvalue weighted by atomic mass is 10.0. The SMILES string of the molecule is Cc1cc(C(=O)N[C@H](Cc2c[nH]c3cc(F)ccc23)C(=O)O)on1. The molecule has 1 aromatic carbocycles. The van der Waals surface area contributed by atoms with Crippen LogP contribution >= 0.6 is 0 Å². The third-order valence-corrected chi connectivity index (χ3v) is 3.61. The molecule has 3 N–H and O–H groups in total. The van der Waals surface area contributed by atoms with E-state index in [1.165, 1.54) is 18.2 Å². The van der Waals surface area contributed by atoms with Crippen molar-refractivity contribution in [1.82, 2.24) is 15.5 Å². The van der Waals surface area contributed by atoms with Crippen LogP contribution < -0.4 is 5.32 Å². The van der Waals surface area contributed by atoms with E-state index in [4.69, 9.17) is 4.52 Å². The van der Waals surface area contributed by atoms with E-state index < -0.39 is 17.9 Å². The molecule has 7 nitrogen and oxygen atoms in total. The van der Waals surface area contributed by atoms with E-state index in [1.807, 2.05) is 0 Å². The number of aryl methyl sites for hydroxylation is 1. The molecule has 2 heterocycles. The first kappa shape index (κ1) is 15.7. The Morgan fingerprint density at radius 3 is 2.88 bits per heavy atom. The minimum atomic E-state index is -1.18. The van der Waals surface area contributed by atoms with Crippen molar-refractivity contribution in [2.24, 2.45) is 0 Å². The Morgan fingerprint density at radius 2 is 2.21 bits per heavy atom. The molecular formula is C16H14FN3O4. The molecule has 0 unspecified atom stereocenters. The van der Waals surface area contributed by atoms with Crippen LogP contribution in [0.1, 0.15) is 21.8 Å². The second-order valence-corrected chi connectivity index (χ2v) is 5.40.